The minimum absolute atomic E-state index is 0.392. The zero-order valence-corrected chi connectivity index (χ0v) is 11.9. The van der Waals surface area contributed by atoms with E-state index in [0.717, 1.165) is 13.1 Å². The molecule has 1 aromatic carbocycles. The summed E-state index contributed by atoms with van der Waals surface area (Å²) in [7, 11) is -3.83. The molecule has 1 rings (SSSR count). The summed E-state index contributed by atoms with van der Waals surface area (Å²) in [5.74, 6) is 0. The molecule has 0 saturated carbocycles. The van der Waals surface area contributed by atoms with Crippen LogP contribution in [0.2, 0.25) is 0 Å². The molecule has 1 aromatic rings. The second kappa shape index (κ2) is 7.59. The largest absolute Gasteiger partial charge is 0.391 e. The Labute approximate surface area is 114 Å². The van der Waals surface area contributed by atoms with E-state index in [1.165, 1.54) is 0 Å². The Morgan fingerprint density at radius 2 is 1.95 bits per heavy atom. The highest BCUT2D eigenvalue weighted by Crippen LogP contribution is 2.26. The van der Waals surface area contributed by atoms with Gasteiger partial charge in [-0.1, -0.05) is 37.3 Å². The van der Waals surface area contributed by atoms with Crippen molar-refractivity contribution >= 4 is 10.0 Å². The van der Waals surface area contributed by atoms with Gasteiger partial charge in [-0.2, -0.15) is 0 Å². The molecule has 0 fully saturated rings. The molecule has 0 saturated heterocycles. The highest BCUT2D eigenvalue weighted by Gasteiger charge is 2.30. The average molecular weight is 286 g/mol. The molecule has 0 aliphatic rings. The lowest BCUT2D eigenvalue weighted by Gasteiger charge is -2.21. The van der Waals surface area contributed by atoms with Gasteiger partial charge in [0.05, 0.1) is 6.10 Å². The van der Waals surface area contributed by atoms with E-state index >= 15 is 0 Å². The van der Waals surface area contributed by atoms with Gasteiger partial charge in [0.25, 0.3) is 0 Å². The van der Waals surface area contributed by atoms with E-state index in [0.29, 0.717) is 18.4 Å². The quantitative estimate of drug-likeness (QED) is 0.615. The van der Waals surface area contributed by atoms with E-state index in [1.54, 1.807) is 30.3 Å². The van der Waals surface area contributed by atoms with Crippen LogP contribution < -0.4 is 10.5 Å². The van der Waals surface area contributed by atoms with E-state index in [1.807, 2.05) is 6.92 Å². The summed E-state index contributed by atoms with van der Waals surface area (Å²) in [6, 6.07) is 8.60. The van der Waals surface area contributed by atoms with Gasteiger partial charge < -0.3 is 10.4 Å². The van der Waals surface area contributed by atoms with Crippen LogP contribution in [-0.2, 0) is 10.0 Å². The van der Waals surface area contributed by atoms with Crippen molar-refractivity contribution in [2.45, 2.75) is 31.1 Å². The van der Waals surface area contributed by atoms with Crippen LogP contribution in [0.3, 0.4) is 0 Å². The molecule has 0 aliphatic heterocycles. The number of nitrogens with one attached hydrogen (secondary N) is 1. The first kappa shape index (κ1) is 16.1. The van der Waals surface area contributed by atoms with Gasteiger partial charge in [-0.05, 0) is 31.5 Å². The molecule has 0 heterocycles. The van der Waals surface area contributed by atoms with Crippen molar-refractivity contribution in [3.63, 3.8) is 0 Å². The van der Waals surface area contributed by atoms with E-state index in [9.17, 15) is 13.5 Å². The number of aliphatic hydroxyl groups excluding tert-OH is 1. The van der Waals surface area contributed by atoms with Gasteiger partial charge in [-0.25, -0.2) is 13.6 Å². The zero-order valence-electron chi connectivity index (χ0n) is 11.1. The van der Waals surface area contributed by atoms with E-state index in [-0.39, 0.29) is 0 Å². The minimum atomic E-state index is -3.83. The minimum Gasteiger partial charge on any atom is -0.391 e. The molecule has 4 N–H and O–H groups in total. The summed E-state index contributed by atoms with van der Waals surface area (Å²) < 4.78 is 23.3. The Kier molecular flexibility index (Phi) is 6.44. The molecule has 6 heteroatoms. The Hall–Kier alpha value is -0.950. The number of sulfonamides is 1. The van der Waals surface area contributed by atoms with Crippen molar-refractivity contribution in [2.24, 2.45) is 5.14 Å². The van der Waals surface area contributed by atoms with Crippen LogP contribution in [-0.4, -0.2) is 32.7 Å². The molecular formula is C13H22N2O3S. The summed E-state index contributed by atoms with van der Waals surface area (Å²) in [6.07, 6.45) is 0.104. The number of nitrogens with two attached hydrogens (primary N) is 1. The smallest absolute Gasteiger partial charge is 0.218 e. The number of hydrogen-bond donors (Lipinski definition) is 3. The maximum Gasteiger partial charge on any atom is 0.218 e. The topological polar surface area (TPSA) is 92.4 Å². The molecule has 0 radical (unpaired) electrons. The van der Waals surface area contributed by atoms with Crippen molar-refractivity contribution in [3.05, 3.63) is 35.9 Å². The molecule has 2 atom stereocenters. The lowest BCUT2D eigenvalue weighted by molar-refractivity contribution is 0.155. The van der Waals surface area contributed by atoms with Crippen molar-refractivity contribution < 1.29 is 13.5 Å². The number of primary sulfonamides is 1. The summed E-state index contributed by atoms with van der Waals surface area (Å²) in [6.45, 7) is 3.60. The molecule has 108 valence electrons. The summed E-state index contributed by atoms with van der Waals surface area (Å²) in [5, 5.41) is 17.4. The molecule has 19 heavy (non-hydrogen) atoms. The standard InChI is InChI=1S/C13H22N2O3S/c1-2-15-10-6-9-12(16)13(19(14,17)18)11-7-4-3-5-8-11/h3-5,7-8,12-13,15-16H,2,6,9-10H2,1H3,(H2,14,17,18). The Bertz CT molecular complexity index is 462. The van der Waals surface area contributed by atoms with Gasteiger partial charge >= 0.3 is 0 Å². The van der Waals surface area contributed by atoms with Crippen molar-refractivity contribution in [3.8, 4) is 0 Å². The fourth-order valence-electron chi connectivity index (χ4n) is 2.04. The monoisotopic (exact) mass is 286 g/mol. The molecule has 0 bridgehead atoms. The van der Waals surface area contributed by atoms with Gasteiger partial charge in [0.2, 0.25) is 10.0 Å². The van der Waals surface area contributed by atoms with E-state index in [4.69, 9.17) is 5.14 Å². The second-order valence-electron chi connectivity index (χ2n) is 4.48. The third-order valence-corrected chi connectivity index (χ3v) is 4.23. The maximum absolute atomic E-state index is 11.7. The van der Waals surface area contributed by atoms with Crippen LogP contribution in [0.25, 0.3) is 0 Å². The number of aliphatic hydroxyl groups is 1. The summed E-state index contributed by atoms with van der Waals surface area (Å²) >= 11 is 0. The van der Waals surface area contributed by atoms with E-state index in [2.05, 4.69) is 5.32 Å². The number of benzene rings is 1. The third kappa shape index (κ3) is 5.28. The molecular weight excluding hydrogens is 264 g/mol. The maximum atomic E-state index is 11.7. The lowest BCUT2D eigenvalue weighted by Crippen LogP contribution is -2.32. The second-order valence-corrected chi connectivity index (χ2v) is 6.17. The van der Waals surface area contributed by atoms with Crippen LogP contribution in [0.15, 0.2) is 30.3 Å². The van der Waals surface area contributed by atoms with Crippen LogP contribution in [0.1, 0.15) is 30.6 Å². The molecule has 2 unspecified atom stereocenters. The van der Waals surface area contributed by atoms with Gasteiger partial charge in [0.1, 0.15) is 5.25 Å². The highest BCUT2D eigenvalue weighted by molar-refractivity contribution is 7.89. The Balaban J connectivity index is 2.76. The zero-order chi connectivity index (χ0) is 14.3. The Morgan fingerprint density at radius 1 is 1.32 bits per heavy atom. The van der Waals surface area contributed by atoms with Gasteiger partial charge in [0, 0.05) is 0 Å². The third-order valence-electron chi connectivity index (χ3n) is 2.93. The van der Waals surface area contributed by atoms with Crippen LogP contribution >= 0.6 is 0 Å². The van der Waals surface area contributed by atoms with Gasteiger partial charge in [-0.3, -0.25) is 0 Å². The van der Waals surface area contributed by atoms with Crippen LogP contribution in [0.5, 0.6) is 0 Å². The first-order chi connectivity index (χ1) is 8.96. The van der Waals surface area contributed by atoms with Gasteiger partial charge in [0.15, 0.2) is 0 Å². The fourth-order valence-corrected chi connectivity index (χ4v) is 3.15. The van der Waals surface area contributed by atoms with Crippen molar-refractivity contribution in [1.82, 2.24) is 5.32 Å². The fraction of sp³-hybridized carbons (Fsp3) is 0.538. The normalized spacial score (nSPS) is 15.1. The summed E-state index contributed by atoms with van der Waals surface area (Å²) in [4.78, 5) is 0. The van der Waals surface area contributed by atoms with Crippen LogP contribution in [0.4, 0.5) is 0 Å². The molecule has 0 spiro atoms. The number of hydrogen-bond acceptors (Lipinski definition) is 4. The highest BCUT2D eigenvalue weighted by atomic mass is 32.2. The Morgan fingerprint density at radius 3 is 2.47 bits per heavy atom. The predicted octanol–water partition coefficient (Wildman–Crippen LogP) is 0.767. The summed E-state index contributed by atoms with van der Waals surface area (Å²) in [5.41, 5.74) is 0.529. The van der Waals surface area contributed by atoms with Gasteiger partial charge in [-0.15, -0.1) is 0 Å². The molecule has 0 aromatic heterocycles. The first-order valence-corrected chi connectivity index (χ1v) is 8.03. The van der Waals surface area contributed by atoms with Crippen LogP contribution in [0, 0.1) is 0 Å². The van der Waals surface area contributed by atoms with E-state index < -0.39 is 21.4 Å². The SMILES string of the molecule is CCNCCCC(O)C(c1ccccc1)S(N)(=O)=O. The first-order valence-electron chi connectivity index (χ1n) is 6.42. The van der Waals surface area contributed by atoms with Crippen molar-refractivity contribution in [1.29, 1.82) is 0 Å². The van der Waals surface area contributed by atoms with Crippen molar-refractivity contribution in [2.75, 3.05) is 13.1 Å². The molecule has 0 aliphatic carbocycles. The average Bonchev–Trinajstić information content (AvgIpc) is 2.34. The molecule has 5 nitrogen and oxygen atoms in total. The lowest BCUT2D eigenvalue weighted by atomic mass is 10.0. The molecule has 0 amide bonds. The predicted molar refractivity (Wildman–Crippen MR) is 76.1 cm³/mol. The number of rotatable bonds is 8.